The summed E-state index contributed by atoms with van der Waals surface area (Å²) in [5.74, 6) is 1.09. The minimum absolute atomic E-state index is 0.504. The SMILES string of the molecule is Cc1ccc2c(c1)c1cc(C)ccc1n2-c1ccc2c(c1)c1ccccc1n2-c1ccc(-c2nc(-c3ccccc3)no2)cc1. The summed E-state index contributed by atoms with van der Waals surface area (Å²) >= 11 is 0. The molecule has 9 rings (SSSR count). The molecule has 3 heterocycles. The minimum atomic E-state index is 0.504. The zero-order chi connectivity index (χ0) is 30.1. The molecule has 0 atom stereocenters. The monoisotopic (exact) mass is 580 g/mol. The molecule has 45 heavy (non-hydrogen) atoms. The Labute approximate surface area is 259 Å². The van der Waals surface area contributed by atoms with Gasteiger partial charge in [-0.1, -0.05) is 76.9 Å². The first kappa shape index (κ1) is 25.5. The molecule has 0 aliphatic carbocycles. The normalized spacial score (nSPS) is 11.8. The smallest absolute Gasteiger partial charge is 0.258 e. The topological polar surface area (TPSA) is 48.8 Å². The predicted octanol–water partition coefficient (Wildman–Crippen LogP) is 10.2. The van der Waals surface area contributed by atoms with E-state index in [0.717, 1.165) is 33.5 Å². The molecule has 0 fully saturated rings. The van der Waals surface area contributed by atoms with E-state index in [-0.39, 0.29) is 0 Å². The van der Waals surface area contributed by atoms with E-state index in [0.29, 0.717) is 11.7 Å². The molecule has 0 aliphatic heterocycles. The second-order valence-electron chi connectivity index (χ2n) is 11.8. The number of fused-ring (bicyclic) bond motifs is 6. The third-order valence-electron chi connectivity index (χ3n) is 8.82. The van der Waals surface area contributed by atoms with Crippen molar-refractivity contribution < 1.29 is 4.52 Å². The summed E-state index contributed by atoms with van der Waals surface area (Å²) < 4.78 is 10.4. The Morgan fingerprint density at radius 2 is 1.02 bits per heavy atom. The van der Waals surface area contributed by atoms with Crippen LogP contribution in [0.5, 0.6) is 0 Å². The van der Waals surface area contributed by atoms with Gasteiger partial charge in [0, 0.05) is 44.0 Å². The number of para-hydroxylation sites is 1. The lowest BCUT2D eigenvalue weighted by Crippen LogP contribution is -1.96. The number of benzene rings is 6. The summed E-state index contributed by atoms with van der Waals surface area (Å²) in [6.07, 6.45) is 0. The maximum Gasteiger partial charge on any atom is 0.258 e. The fourth-order valence-corrected chi connectivity index (χ4v) is 6.71. The molecule has 0 saturated carbocycles. The van der Waals surface area contributed by atoms with Gasteiger partial charge in [0.05, 0.1) is 22.1 Å². The fourth-order valence-electron chi connectivity index (χ4n) is 6.71. The number of aromatic nitrogens is 4. The maximum absolute atomic E-state index is 5.63. The molecular formula is C40H28N4O. The molecule has 3 aromatic heterocycles. The van der Waals surface area contributed by atoms with Crippen LogP contribution in [0.2, 0.25) is 0 Å². The summed E-state index contributed by atoms with van der Waals surface area (Å²) in [6.45, 7) is 4.33. The van der Waals surface area contributed by atoms with Gasteiger partial charge in [-0.25, -0.2) is 0 Å². The predicted molar refractivity (Wildman–Crippen MR) is 183 cm³/mol. The highest BCUT2D eigenvalue weighted by Crippen LogP contribution is 2.37. The largest absolute Gasteiger partial charge is 0.334 e. The average molecular weight is 581 g/mol. The van der Waals surface area contributed by atoms with Crippen molar-refractivity contribution in [3.63, 3.8) is 0 Å². The second kappa shape index (κ2) is 9.79. The van der Waals surface area contributed by atoms with E-state index in [1.165, 1.54) is 43.7 Å². The van der Waals surface area contributed by atoms with Gasteiger partial charge in [0.2, 0.25) is 5.82 Å². The van der Waals surface area contributed by atoms with Gasteiger partial charge < -0.3 is 13.7 Å². The molecule has 6 aromatic carbocycles. The van der Waals surface area contributed by atoms with Crippen LogP contribution in [0.1, 0.15) is 11.1 Å². The molecule has 0 radical (unpaired) electrons. The molecule has 214 valence electrons. The Balaban J connectivity index is 1.18. The summed E-state index contributed by atoms with van der Waals surface area (Å²) in [6, 6.07) is 47.2. The highest BCUT2D eigenvalue weighted by molar-refractivity contribution is 6.12. The van der Waals surface area contributed by atoms with Gasteiger partial charge in [-0.15, -0.1) is 0 Å². The molecule has 0 aliphatic rings. The second-order valence-corrected chi connectivity index (χ2v) is 11.8. The van der Waals surface area contributed by atoms with Gasteiger partial charge in [-0.05, 0) is 86.6 Å². The molecule has 0 N–H and O–H groups in total. The van der Waals surface area contributed by atoms with Crippen molar-refractivity contribution in [2.24, 2.45) is 0 Å². The van der Waals surface area contributed by atoms with Gasteiger partial charge in [-0.3, -0.25) is 0 Å². The van der Waals surface area contributed by atoms with Crippen molar-refractivity contribution >= 4 is 43.6 Å². The van der Waals surface area contributed by atoms with Crippen molar-refractivity contribution in [1.82, 2.24) is 19.3 Å². The molecule has 5 heteroatoms. The average Bonchev–Trinajstić information content (AvgIpc) is 3.78. The van der Waals surface area contributed by atoms with E-state index in [1.807, 2.05) is 30.3 Å². The first-order valence-corrected chi connectivity index (χ1v) is 15.2. The summed E-state index contributed by atoms with van der Waals surface area (Å²) in [7, 11) is 0. The van der Waals surface area contributed by atoms with Crippen LogP contribution in [0.25, 0.3) is 77.8 Å². The summed E-state index contributed by atoms with van der Waals surface area (Å²) in [5, 5.41) is 9.20. The quantitative estimate of drug-likeness (QED) is 0.208. The summed E-state index contributed by atoms with van der Waals surface area (Å²) in [4.78, 5) is 4.64. The van der Waals surface area contributed by atoms with Gasteiger partial charge >= 0.3 is 0 Å². The van der Waals surface area contributed by atoms with Crippen LogP contribution in [0.4, 0.5) is 0 Å². The molecule has 0 amide bonds. The van der Waals surface area contributed by atoms with E-state index in [2.05, 4.69) is 136 Å². The first-order valence-electron chi connectivity index (χ1n) is 15.2. The third kappa shape index (κ3) is 4.01. The zero-order valence-electron chi connectivity index (χ0n) is 24.9. The molecule has 0 saturated heterocycles. The van der Waals surface area contributed by atoms with Gasteiger partial charge in [-0.2, -0.15) is 4.98 Å². The number of hydrogen-bond acceptors (Lipinski definition) is 3. The molecule has 0 unspecified atom stereocenters. The molecule has 0 spiro atoms. The Morgan fingerprint density at radius 1 is 0.467 bits per heavy atom. The lowest BCUT2D eigenvalue weighted by atomic mass is 10.1. The van der Waals surface area contributed by atoms with E-state index in [4.69, 9.17) is 4.52 Å². The van der Waals surface area contributed by atoms with Gasteiger partial charge in [0.25, 0.3) is 5.89 Å². The van der Waals surface area contributed by atoms with Crippen LogP contribution in [0.15, 0.2) is 138 Å². The highest BCUT2D eigenvalue weighted by atomic mass is 16.5. The Kier molecular flexibility index (Phi) is 5.56. The number of hydrogen-bond donors (Lipinski definition) is 0. The highest BCUT2D eigenvalue weighted by Gasteiger charge is 2.17. The van der Waals surface area contributed by atoms with E-state index < -0.39 is 0 Å². The Bertz CT molecular complexity index is 2490. The molecule has 0 bridgehead atoms. The van der Waals surface area contributed by atoms with Crippen LogP contribution in [0, 0.1) is 13.8 Å². The third-order valence-corrected chi connectivity index (χ3v) is 8.82. The van der Waals surface area contributed by atoms with E-state index >= 15 is 0 Å². The van der Waals surface area contributed by atoms with Crippen LogP contribution in [-0.2, 0) is 0 Å². The van der Waals surface area contributed by atoms with Crippen molar-refractivity contribution in [2.75, 3.05) is 0 Å². The number of rotatable bonds is 4. The van der Waals surface area contributed by atoms with Crippen molar-refractivity contribution in [2.45, 2.75) is 13.8 Å². The van der Waals surface area contributed by atoms with Gasteiger partial charge in [0.15, 0.2) is 0 Å². The van der Waals surface area contributed by atoms with Crippen LogP contribution >= 0.6 is 0 Å². The van der Waals surface area contributed by atoms with E-state index in [9.17, 15) is 0 Å². The van der Waals surface area contributed by atoms with Crippen LogP contribution < -0.4 is 0 Å². The standard InChI is InChI=1S/C40H28N4O/c1-25-12-19-36-32(22-25)33-23-26(2)13-20-37(33)44(36)30-18-21-38-34(24-30)31-10-6-7-11-35(31)43(38)29-16-14-28(15-17-29)40-41-39(42-45-40)27-8-4-3-5-9-27/h3-24H,1-2H3. The fraction of sp³-hybridized carbons (Fsp3) is 0.0500. The Hall–Kier alpha value is -5.94. The maximum atomic E-state index is 5.63. The van der Waals surface area contributed by atoms with Crippen molar-refractivity contribution in [3.8, 4) is 34.2 Å². The minimum Gasteiger partial charge on any atom is -0.334 e. The molecule has 5 nitrogen and oxygen atoms in total. The van der Waals surface area contributed by atoms with Crippen molar-refractivity contribution in [1.29, 1.82) is 0 Å². The lowest BCUT2D eigenvalue weighted by Gasteiger charge is -2.11. The summed E-state index contributed by atoms with van der Waals surface area (Å²) in [5.41, 5.74) is 11.3. The van der Waals surface area contributed by atoms with Crippen LogP contribution in [0.3, 0.4) is 0 Å². The van der Waals surface area contributed by atoms with Gasteiger partial charge in [0.1, 0.15) is 0 Å². The lowest BCUT2D eigenvalue weighted by molar-refractivity contribution is 0.432. The van der Waals surface area contributed by atoms with Crippen molar-refractivity contribution in [3.05, 3.63) is 145 Å². The van der Waals surface area contributed by atoms with E-state index in [1.54, 1.807) is 0 Å². The Morgan fingerprint density at radius 3 is 1.73 bits per heavy atom. The number of aryl methyl sites for hydroxylation is 2. The zero-order valence-corrected chi connectivity index (χ0v) is 24.9. The first-order chi connectivity index (χ1) is 22.1. The van der Waals surface area contributed by atoms with Crippen LogP contribution in [-0.4, -0.2) is 19.3 Å². The number of nitrogens with zero attached hydrogens (tertiary/aromatic N) is 4. The molecular weight excluding hydrogens is 552 g/mol. The molecule has 9 aromatic rings.